The molecule has 0 saturated carbocycles. The molecule has 0 fully saturated rings. The van der Waals surface area contributed by atoms with Gasteiger partial charge in [0.25, 0.3) is 0 Å². The molecule has 0 aliphatic carbocycles. The van der Waals surface area contributed by atoms with Crippen LogP contribution in [0.25, 0.3) is 0 Å². The van der Waals surface area contributed by atoms with Gasteiger partial charge in [0.2, 0.25) is 0 Å². The van der Waals surface area contributed by atoms with Crippen LogP contribution in [0.1, 0.15) is 16.0 Å². The summed E-state index contributed by atoms with van der Waals surface area (Å²) in [6.45, 7) is 0.471. The molecule has 0 bridgehead atoms. The Kier molecular flexibility index (Phi) is 3.91. The first-order chi connectivity index (χ1) is 9.17. The van der Waals surface area contributed by atoms with Gasteiger partial charge in [0, 0.05) is 11.6 Å². The van der Waals surface area contributed by atoms with E-state index in [2.05, 4.69) is 5.32 Å². The van der Waals surface area contributed by atoms with Crippen molar-refractivity contribution in [2.45, 2.75) is 6.54 Å². The fraction of sp³-hybridized carbons (Fsp3) is 0.0769. The number of anilines is 2. The summed E-state index contributed by atoms with van der Waals surface area (Å²) < 4.78 is 0. The third-order valence-electron chi connectivity index (χ3n) is 2.56. The smallest absolute Gasteiger partial charge is 0.131 e. The number of halogens is 1. The maximum Gasteiger partial charge on any atom is 0.131 e. The minimum atomic E-state index is 0.233. The molecular formula is C13H9ClN4S. The second-order valence-corrected chi connectivity index (χ2v) is 5.15. The Labute approximate surface area is 119 Å². The third-order valence-corrected chi connectivity index (χ3v) is 3.99. The number of nitrogens with two attached hydrogens (primary N) is 1. The molecule has 19 heavy (non-hydrogen) atoms. The summed E-state index contributed by atoms with van der Waals surface area (Å²) in [7, 11) is 0. The number of hydrogen-bond acceptors (Lipinski definition) is 5. The van der Waals surface area contributed by atoms with E-state index in [1.54, 1.807) is 6.07 Å². The van der Waals surface area contributed by atoms with Crippen LogP contribution in [-0.4, -0.2) is 0 Å². The van der Waals surface area contributed by atoms with Crippen LogP contribution in [0, 0.1) is 22.7 Å². The van der Waals surface area contributed by atoms with E-state index < -0.39 is 0 Å². The van der Waals surface area contributed by atoms with Gasteiger partial charge in [-0.25, -0.2) is 0 Å². The van der Waals surface area contributed by atoms with E-state index in [9.17, 15) is 0 Å². The van der Waals surface area contributed by atoms with Gasteiger partial charge in [0.05, 0.1) is 5.69 Å². The standard InChI is InChI=1S/C13H9ClN4S/c14-10-4-2-1-3-8(10)7-18-13-9(5-15)12(17)11(6-16)19-13/h1-4,18H,7,17H2. The number of nitrogens with one attached hydrogen (secondary N) is 1. The SMILES string of the molecule is N#Cc1sc(NCc2ccccc2Cl)c(C#N)c1N. The normalized spacial score (nSPS) is 9.63. The van der Waals surface area contributed by atoms with Gasteiger partial charge in [-0.15, -0.1) is 11.3 Å². The van der Waals surface area contributed by atoms with Crippen LogP contribution in [0.4, 0.5) is 10.7 Å². The molecular weight excluding hydrogens is 280 g/mol. The Hall–Kier alpha value is -2.21. The molecule has 1 heterocycles. The quantitative estimate of drug-likeness (QED) is 0.907. The topological polar surface area (TPSA) is 85.6 Å². The Morgan fingerprint density at radius 3 is 2.63 bits per heavy atom. The van der Waals surface area contributed by atoms with Crippen LogP contribution in [0.3, 0.4) is 0 Å². The Morgan fingerprint density at radius 2 is 2.00 bits per heavy atom. The van der Waals surface area contributed by atoms with Gasteiger partial charge in [-0.2, -0.15) is 10.5 Å². The zero-order chi connectivity index (χ0) is 13.8. The number of rotatable bonds is 3. The van der Waals surface area contributed by atoms with Gasteiger partial charge < -0.3 is 11.1 Å². The van der Waals surface area contributed by atoms with E-state index >= 15 is 0 Å². The number of nitrogens with zero attached hydrogens (tertiary/aromatic N) is 2. The maximum atomic E-state index is 9.06. The second kappa shape index (κ2) is 5.62. The Morgan fingerprint density at radius 1 is 1.26 bits per heavy atom. The highest BCUT2D eigenvalue weighted by Gasteiger charge is 2.15. The predicted octanol–water partition coefficient (Wildman–Crippen LogP) is 3.34. The largest absolute Gasteiger partial charge is 0.396 e. The van der Waals surface area contributed by atoms with E-state index in [-0.39, 0.29) is 5.69 Å². The van der Waals surface area contributed by atoms with Gasteiger partial charge in [0.15, 0.2) is 0 Å². The van der Waals surface area contributed by atoms with Gasteiger partial charge in [-0.1, -0.05) is 29.8 Å². The average molecular weight is 289 g/mol. The third kappa shape index (κ3) is 2.63. The average Bonchev–Trinajstić information content (AvgIpc) is 2.73. The predicted molar refractivity (Wildman–Crippen MR) is 76.9 cm³/mol. The molecule has 0 aliphatic rings. The number of nitriles is 2. The first kappa shape index (κ1) is 13.2. The van der Waals surface area contributed by atoms with E-state index in [1.807, 2.05) is 30.3 Å². The van der Waals surface area contributed by atoms with Crippen LogP contribution < -0.4 is 11.1 Å². The minimum absolute atomic E-state index is 0.233. The fourth-order valence-electron chi connectivity index (χ4n) is 1.58. The van der Waals surface area contributed by atoms with Crippen molar-refractivity contribution >= 4 is 33.6 Å². The number of thiophene rings is 1. The van der Waals surface area contributed by atoms with E-state index in [4.69, 9.17) is 27.9 Å². The second-order valence-electron chi connectivity index (χ2n) is 3.72. The van der Waals surface area contributed by atoms with Gasteiger partial charge in [0.1, 0.15) is 27.6 Å². The lowest BCUT2D eigenvalue weighted by Gasteiger charge is -2.06. The van der Waals surface area contributed by atoms with Gasteiger partial charge in [-0.3, -0.25) is 0 Å². The molecule has 94 valence electrons. The molecule has 0 unspecified atom stereocenters. The molecule has 3 N–H and O–H groups in total. The van der Waals surface area contributed by atoms with Crippen molar-refractivity contribution < 1.29 is 0 Å². The van der Waals surface area contributed by atoms with Crippen LogP contribution in [0.2, 0.25) is 5.02 Å². The summed E-state index contributed by atoms with van der Waals surface area (Å²) in [6, 6.07) is 11.4. The zero-order valence-electron chi connectivity index (χ0n) is 9.77. The summed E-state index contributed by atoms with van der Waals surface area (Å²) in [4.78, 5) is 0.346. The van der Waals surface area contributed by atoms with E-state index in [0.717, 1.165) is 5.56 Å². The molecule has 0 atom stereocenters. The highest BCUT2D eigenvalue weighted by atomic mass is 35.5. The zero-order valence-corrected chi connectivity index (χ0v) is 11.3. The molecule has 0 spiro atoms. The molecule has 6 heteroatoms. The number of nitrogen functional groups attached to an aromatic ring is 1. The molecule has 0 amide bonds. The van der Waals surface area contributed by atoms with Crippen molar-refractivity contribution in [2.24, 2.45) is 0 Å². The lowest BCUT2D eigenvalue weighted by atomic mass is 10.2. The van der Waals surface area contributed by atoms with Crippen molar-refractivity contribution in [3.8, 4) is 12.1 Å². The minimum Gasteiger partial charge on any atom is -0.396 e. The molecule has 0 radical (unpaired) electrons. The first-order valence-electron chi connectivity index (χ1n) is 5.37. The molecule has 0 saturated heterocycles. The van der Waals surface area contributed by atoms with Crippen molar-refractivity contribution in [1.82, 2.24) is 0 Å². The molecule has 2 rings (SSSR count). The molecule has 2 aromatic rings. The maximum absolute atomic E-state index is 9.06. The summed E-state index contributed by atoms with van der Waals surface area (Å²) in [5.41, 5.74) is 7.19. The van der Waals surface area contributed by atoms with Crippen molar-refractivity contribution in [3.63, 3.8) is 0 Å². The van der Waals surface area contributed by atoms with Crippen molar-refractivity contribution in [2.75, 3.05) is 11.1 Å². The summed E-state index contributed by atoms with van der Waals surface area (Å²) in [5, 5.41) is 22.3. The highest BCUT2D eigenvalue weighted by molar-refractivity contribution is 7.17. The summed E-state index contributed by atoms with van der Waals surface area (Å²) in [6.07, 6.45) is 0. The van der Waals surface area contributed by atoms with Crippen molar-refractivity contribution in [1.29, 1.82) is 10.5 Å². The summed E-state index contributed by atoms with van der Waals surface area (Å²) >= 11 is 7.22. The van der Waals surface area contributed by atoms with Crippen LogP contribution >= 0.6 is 22.9 Å². The fourth-order valence-corrected chi connectivity index (χ4v) is 2.65. The molecule has 1 aromatic heterocycles. The Bertz CT molecular complexity index is 694. The molecule has 4 nitrogen and oxygen atoms in total. The lowest BCUT2D eigenvalue weighted by Crippen LogP contribution is -2.00. The van der Waals surface area contributed by atoms with E-state index in [0.29, 0.717) is 27.0 Å². The first-order valence-corrected chi connectivity index (χ1v) is 6.56. The lowest BCUT2D eigenvalue weighted by molar-refractivity contribution is 1.16. The Balaban J connectivity index is 2.24. The monoisotopic (exact) mass is 288 g/mol. The number of benzene rings is 1. The highest BCUT2D eigenvalue weighted by Crippen LogP contribution is 2.34. The molecule has 0 aliphatic heterocycles. The molecule has 1 aromatic carbocycles. The van der Waals surface area contributed by atoms with Crippen LogP contribution in [0.15, 0.2) is 24.3 Å². The number of hydrogen-bond donors (Lipinski definition) is 2. The van der Waals surface area contributed by atoms with Gasteiger partial charge in [-0.05, 0) is 11.6 Å². The summed E-state index contributed by atoms with van der Waals surface area (Å²) in [5.74, 6) is 0. The van der Waals surface area contributed by atoms with Crippen LogP contribution in [-0.2, 0) is 6.54 Å². The van der Waals surface area contributed by atoms with E-state index in [1.165, 1.54) is 11.3 Å². The van der Waals surface area contributed by atoms with Crippen molar-refractivity contribution in [3.05, 3.63) is 45.3 Å². The van der Waals surface area contributed by atoms with Gasteiger partial charge >= 0.3 is 0 Å². The van der Waals surface area contributed by atoms with Crippen LogP contribution in [0.5, 0.6) is 0 Å².